The topological polar surface area (TPSA) is 62.5 Å². The highest BCUT2D eigenvalue weighted by Crippen LogP contribution is 2.15. The van der Waals surface area contributed by atoms with E-state index in [1.54, 1.807) is 9.52 Å². The van der Waals surface area contributed by atoms with Crippen LogP contribution in [0.5, 0.6) is 0 Å². The fourth-order valence-electron chi connectivity index (χ4n) is 2.55. The lowest BCUT2D eigenvalue weighted by atomic mass is 10.2. The minimum absolute atomic E-state index is 0.0635. The van der Waals surface area contributed by atoms with Gasteiger partial charge in [0, 0.05) is 24.8 Å². The molecule has 7 heteroatoms. The van der Waals surface area contributed by atoms with Crippen LogP contribution in [0.3, 0.4) is 0 Å². The van der Waals surface area contributed by atoms with Crippen molar-refractivity contribution in [3.63, 3.8) is 0 Å². The van der Waals surface area contributed by atoms with Gasteiger partial charge in [-0.05, 0) is 41.3 Å². The number of carbonyl (C=O) groups excluding carboxylic acids is 1. The molecule has 1 saturated heterocycles. The van der Waals surface area contributed by atoms with Gasteiger partial charge in [-0.25, -0.2) is 14.9 Å². The second-order valence-electron chi connectivity index (χ2n) is 5.15. The summed E-state index contributed by atoms with van der Waals surface area (Å²) < 4.78 is 2.50. The van der Waals surface area contributed by atoms with Crippen molar-refractivity contribution in [2.45, 2.75) is 32.6 Å². The van der Waals surface area contributed by atoms with Gasteiger partial charge in [0.15, 0.2) is 5.65 Å². The quantitative estimate of drug-likeness (QED) is 0.900. The number of amides is 1. The number of hydrazine groups is 1. The Morgan fingerprint density at radius 3 is 3.05 bits per heavy atom. The molecular weight excluding hydrogens is 334 g/mol. The largest absolute Gasteiger partial charge is 0.286 e. The van der Waals surface area contributed by atoms with E-state index in [0.29, 0.717) is 11.3 Å². The molecule has 0 spiro atoms. The zero-order valence-corrected chi connectivity index (χ0v) is 13.6. The van der Waals surface area contributed by atoms with Gasteiger partial charge < -0.3 is 0 Å². The summed E-state index contributed by atoms with van der Waals surface area (Å²) in [5, 5.41) is 6.03. The van der Waals surface area contributed by atoms with Crippen molar-refractivity contribution in [1.82, 2.24) is 25.0 Å². The van der Waals surface area contributed by atoms with Gasteiger partial charge in [-0.3, -0.25) is 9.80 Å². The number of aromatic nitrogens is 3. The number of fused-ring (bicyclic) bond motifs is 1. The highest BCUT2D eigenvalue weighted by molar-refractivity contribution is 9.10. The fourth-order valence-corrected chi connectivity index (χ4v) is 2.91. The van der Waals surface area contributed by atoms with E-state index in [4.69, 9.17) is 0 Å². The number of halogens is 1. The molecule has 3 rings (SSSR count). The van der Waals surface area contributed by atoms with E-state index >= 15 is 0 Å². The molecular formula is C14H18BrN5O. The maximum absolute atomic E-state index is 12.6. The molecule has 0 unspecified atom stereocenters. The normalized spacial score (nSPS) is 16.2. The standard InChI is InChI=1S/C14H18BrN5O/c1-2-10-8-11(17-13-9-12(15)18-20(10)13)14(21)19-7-5-3-4-6-16-19/h8-9,16H,2-7H2,1H3. The van der Waals surface area contributed by atoms with Crippen molar-refractivity contribution in [3.8, 4) is 0 Å². The molecule has 21 heavy (non-hydrogen) atoms. The van der Waals surface area contributed by atoms with E-state index in [9.17, 15) is 4.79 Å². The Bertz CT molecular complexity index is 661. The van der Waals surface area contributed by atoms with E-state index in [0.717, 1.165) is 49.1 Å². The minimum atomic E-state index is -0.0635. The number of hydrogen-bond acceptors (Lipinski definition) is 4. The Balaban J connectivity index is 1.97. The maximum Gasteiger partial charge on any atom is 0.286 e. The number of rotatable bonds is 2. The van der Waals surface area contributed by atoms with Gasteiger partial charge in [-0.1, -0.05) is 13.3 Å². The summed E-state index contributed by atoms with van der Waals surface area (Å²) in [6, 6.07) is 3.66. The summed E-state index contributed by atoms with van der Waals surface area (Å²) in [4.78, 5) is 17.1. The van der Waals surface area contributed by atoms with Crippen molar-refractivity contribution in [2.24, 2.45) is 0 Å². The fraction of sp³-hybridized carbons (Fsp3) is 0.500. The zero-order chi connectivity index (χ0) is 14.8. The molecule has 2 aromatic rings. The van der Waals surface area contributed by atoms with Crippen molar-refractivity contribution in [1.29, 1.82) is 0 Å². The number of carbonyl (C=O) groups is 1. The van der Waals surface area contributed by atoms with Crippen molar-refractivity contribution >= 4 is 27.5 Å². The molecule has 2 aromatic heterocycles. The second-order valence-corrected chi connectivity index (χ2v) is 5.96. The first-order valence-electron chi connectivity index (χ1n) is 7.29. The van der Waals surface area contributed by atoms with Crippen molar-refractivity contribution < 1.29 is 4.79 Å². The van der Waals surface area contributed by atoms with E-state index in [2.05, 4.69) is 31.4 Å². The molecule has 1 aliphatic rings. The predicted molar refractivity (Wildman–Crippen MR) is 83.0 cm³/mol. The van der Waals surface area contributed by atoms with Crippen LogP contribution in [0.2, 0.25) is 0 Å². The number of nitrogens with zero attached hydrogens (tertiary/aromatic N) is 4. The summed E-state index contributed by atoms with van der Waals surface area (Å²) in [6.45, 7) is 3.62. The molecule has 0 radical (unpaired) electrons. The molecule has 0 aromatic carbocycles. The van der Waals surface area contributed by atoms with Gasteiger partial charge in [0.2, 0.25) is 0 Å². The molecule has 6 nitrogen and oxygen atoms in total. The Morgan fingerprint density at radius 2 is 2.24 bits per heavy atom. The van der Waals surface area contributed by atoms with Gasteiger partial charge >= 0.3 is 0 Å². The minimum Gasteiger partial charge on any atom is -0.273 e. The molecule has 112 valence electrons. The third-order valence-electron chi connectivity index (χ3n) is 3.66. The van der Waals surface area contributed by atoms with Crippen molar-refractivity contribution in [3.05, 3.63) is 28.1 Å². The molecule has 0 aliphatic carbocycles. The van der Waals surface area contributed by atoms with Crippen LogP contribution in [0.25, 0.3) is 5.65 Å². The van der Waals surface area contributed by atoms with Crippen LogP contribution in [0.1, 0.15) is 42.4 Å². The van der Waals surface area contributed by atoms with Gasteiger partial charge in [-0.15, -0.1) is 0 Å². The number of hydrogen-bond donors (Lipinski definition) is 1. The third kappa shape index (κ3) is 2.94. The van der Waals surface area contributed by atoms with Crippen LogP contribution in [0.4, 0.5) is 0 Å². The van der Waals surface area contributed by atoms with E-state index in [1.165, 1.54) is 0 Å². The summed E-state index contributed by atoms with van der Waals surface area (Å²) in [5.74, 6) is -0.0635. The molecule has 1 N–H and O–H groups in total. The Hall–Kier alpha value is -1.47. The average molecular weight is 352 g/mol. The molecule has 0 atom stereocenters. The summed E-state index contributed by atoms with van der Waals surface area (Å²) in [7, 11) is 0. The Morgan fingerprint density at radius 1 is 1.38 bits per heavy atom. The van der Waals surface area contributed by atoms with E-state index < -0.39 is 0 Å². The highest BCUT2D eigenvalue weighted by atomic mass is 79.9. The van der Waals surface area contributed by atoms with Crippen LogP contribution >= 0.6 is 15.9 Å². The zero-order valence-electron chi connectivity index (χ0n) is 12.0. The number of nitrogens with one attached hydrogen (secondary N) is 1. The molecule has 1 aliphatic heterocycles. The lowest BCUT2D eigenvalue weighted by Crippen LogP contribution is -2.43. The first-order valence-corrected chi connectivity index (χ1v) is 8.09. The van der Waals surface area contributed by atoms with Gasteiger partial charge in [0.1, 0.15) is 10.3 Å². The summed E-state index contributed by atoms with van der Waals surface area (Å²) >= 11 is 3.36. The second kappa shape index (κ2) is 6.11. The Kier molecular flexibility index (Phi) is 4.21. The average Bonchev–Trinajstić information content (AvgIpc) is 2.70. The monoisotopic (exact) mass is 351 g/mol. The van der Waals surface area contributed by atoms with E-state index in [1.807, 2.05) is 19.1 Å². The predicted octanol–water partition coefficient (Wildman–Crippen LogP) is 2.18. The lowest BCUT2D eigenvalue weighted by Gasteiger charge is -2.20. The van der Waals surface area contributed by atoms with Crippen LogP contribution in [0, 0.1) is 0 Å². The first kappa shape index (κ1) is 14.5. The van der Waals surface area contributed by atoms with Crippen LogP contribution in [-0.2, 0) is 6.42 Å². The molecule has 0 saturated carbocycles. The SMILES string of the molecule is CCc1cc(C(=O)N2CCCCCN2)nc2cc(Br)nn12. The molecule has 3 heterocycles. The van der Waals surface area contributed by atoms with E-state index in [-0.39, 0.29) is 5.91 Å². The smallest absolute Gasteiger partial charge is 0.273 e. The van der Waals surface area contributed by atoms with Crippen LogP contribution < -0.4 is 5.43 Å². The lowest BCUT2D eigenvalue weighted by molar-refractivity contribution is 0.0667. The molecule has 1 amide bonds. The first-order chi connectivity index (χ1) is 10.2. The third-order valence-corrected chi connectivity index (χ3v) is 4.05. The maximum atomic E-state index is 12.6. The summed E-state index contributed by atoms with van der Waals surface area (Å²) in [6.07, 6.45) is 4.08. The van der Waals surface area contributed by atoms with Crippen LogP contribution in [-0.4, -0.2) is 38.6 Å². The van der Waals surface area contributed by atoms with Crippen molar-refractivity contribution in [2.75, 3.05) is 13.1 Å². The van der Waals surface area contributed by atoms with Gasteiger partial charge in [0.25, 0.3) is 5.91 Å². The van der Waals surface area contributed by atoms with Gasteiger partial charge in [-0.2, -0.15) is 5.10 Å². The Labute approximate surface area is 131 Å². The molecule has 0 bridgehead atoms. The van der Waals surface area contributed by atoms with Gasteiger partial charge in [0.05, 0.1) is 0 Å². The summed E-state index contributed by atoms with van der Waals surface area (Å²) in [5.41, 5.74) is 5.33. The number of aryl methyl sites for hydroxylation is 1. The van der Waals surface area contributed by atoms with Crippen LogP contribution in [0.15, 0.2) is 16.7 Å². The highest BCUT2D eigenvalue weighted by Gasteiger charge is 2.20. The molecule has 1 fully saturated rings.